The molecule has 2 fully saturated rings. The Balaban J connectivity index is 1.53. The Morgan fingerprint density at radius 3 is 2.60 bits per heavy atom. The Labute approximate surface area is 147 Å². The van der Waals surface area contributed by atoms with Gasteiger partial charge in [-0.25, -0.2) is 12.8 Å². The second-order valence-corrected chi connectivity index (χ2v) is 8.81. The fourth-order valence-corrected chi connectivity index (χ4v) is 5.54. The minimum atomic E-state index is -3.79. The van der Waals surface area contributed by atoms with Gasteiger partial charge in [0.1, 0.15) is 10.7 Å². The van der Waals surface area contributed by atoms with Crippen LogP contribution in [0.3, 0.4) is 0 Å². The molecule has 2 aliphatic rings. The van der Waals surface area contributed by atoms with Gasteiger partial charge in [0.15, 0.2) is 0 Å². The molecule has 1 spiro atoms. The van der Waals surface area contributed by atoms with Gasteiger partial charge in [-0.3, -0.25) is 4.98 Å². The van der Waals surface area contributed by atoms with Gasteiger partial charge in [0.25, 0.3) is 0 Å². The molecule has 132 valence electrons. The Kier molecular flexibility index (Phi) is 4.00. The molecule has 1 aromatic heterocycles. The van der Waals surface area contributed by atoms with Crippen LogP contribution in [-0.4, -0.2) is 43.9 Å². The van der Waals surface area contributed by atoms with Crippen LogP contribution < -0.4 is 4.90 Å². The minimum absolute atomic E-state index is 0.0613. The van der Waals surface area contributed by atoms with Gasteiger partial charge in [0, 0.05) is 37.8 Å². The van der Waals surface area contributed by atoms with E-state index in [4.69, 9.17) is 0 Å². The molecule has 1 unspecified atom stereocenters. The molecule has 0 saturated carbocycles. The number of aromatic nitrogens is 1. The lowest BCUT2D eigenvalue weighted by atomic mass is 9.86. The topological polar surface area (TPSA) is 53.5 Å². The molecule has 1 atom stereocenters. The van der Waals surface area contributed by atoms with E-state index in [0.29, 0.717) is 13.1 Å². The van der Waals surface area contributed by atoms with E-state index in [2.05, 4.69) is 9.88 Å². The highest BCUT2D eigenvalue weighted by Crippen LogP contribution is 2.42. The predicted octanol–water partition coefficient (Wildman–Crippen LogP) is 2.51. The monoisotopic (exact) mass is 361 g/mol. The van der Waals surface area contributed by atoms with E-state index in [1.807, 2.05) is 18.3 Å². The molecule has 0 radical (unpaired) electrons. The third-order valence-corrected chi connectivity index (χ3v) is 7.19. The first-order valence-corrected chi connectivity index (χ1v) is 9.84. The maximum absolute atomic E-state index is 14.0. The van der Waals surface area contributed by atoms with Gasteiger partial charge >= 0.3 is 0 Å². The first kappa shape index (κ1) is 16.5. The minimum Gasteiger partial charge on any atom is -0.370 e. The lowest BCUT2D eigenvalue weighted by molar-refractivity contribution is 0.341. The highest BCUT2D eigenvalue weighted by molar-refractivity contribution is 7.89. The van der Waals surface area contributed by atoms with Gasteiger partial charge in [0.2, 0.25) is 10.0 Å². The fraction of sp³-hybridized carbons (Fsp3) is 0.389. The molecule has 2 aromatic rings. The number of nitrogens with zero attached hydrogens (tertiary/aromatic N) is 3. The second-order valence-electron chi connectivity index (χ2n) is 6.90. The zero-order chi connectivity index (χ0) is 17.5. The molecule has 0 bridgehead atoms. The summed E-state index contributed by atoms with van der Waals surface area (Å²) in [6.07, 6.45) is 5.32. The predicted molar refractivity (Wildman–Crippen MR) is 93.3 cm³/mol. The van der Waals surface area contributed by atoms with Crippen LogP contribution in [0.15, 0.2) is 53.7 Å². The standard InChI is InChI=1S/C18H20FN3O2S/c19-16-5-1-2-6-17(16)25(23,24)22-11-8-18(14-22)7-10-21(13-18)15-4-3-9-20-12-15/h1-6,9,12H,7-8,10-11,13-14H2. The summed E-state index contributed by atoms with van der Waals surface area (Å²) in [4.78, 5) is 6.19. The van der Waals surface area contributed by atoms with Gasteiger partial charge in [-0.1, -0.05) is 12.1 Å². The van der Waals surface area contributed by atoms with E-state index in [9.17, 15) is 12.8 Å². The van der Waals surface area contributed by atoms with Crippen molar-refractivity contribution in [1.82, 2.24) is 9.29 Å². The van der Waals surface area contributed by atoms with Crippen LogP contribution >= 0.6 is 0 Å². The molecule has 7 heteroatoms. The highest BCUT2D eigenvalue weighted by Gasteiger charge is 2.47. The maximum Gasteiger partial charge on any atom is 0.246 e. The molecule has 25 heavy (non-hydrogen) atoms. The normalized spacial score (nSPS) is 24.3. The summed E-state index contributed by atoms with van der Waals surface area (Å²) in [6.45, 7) is 2.58. The summed E-state index contributed by atoms with van der Waals surface area (Å²) in [6, 6.07) is 9.52. The average Bonchev–Trinajstić information content (AvgIpc) is 3.24. The third kappa shape index (κ3) is 2.91. The van der Waals surface area contributed by atoms with E-state index >= 15 is 0 Å². The summed E-state index contributed by atoms with van der Waals surface area (Å²) >= 11 is 0. The first-order chi connectivity index (χ1) is 12.0. The smallest absolute Gasteiger partial charge is 0.246 e. The number of benzene rings is 1. The SMILES string of the molecule is O=S(=O)(c1ccccc1F)N1CCC2(CCN(c3cccnc3)C2)C1. The van der Waals surface area contributed by atoms with Crippen LogP contribution in [0.1, 0.15) is 12.8 Å². The Bertz CT molecular complexity index is 875. The summed E-state index contributed by atoms with van der Waals surface area (Å²) in [5.41, 5.74) is 1.00. The van der Waals surface area contributed by atoms with E-state index in [0.717, 1.165) is 31.6 Å². The first-order valence-electron chi connectivity index (χ1n) is 8.40. The molecule has 4 rings (SSSR count). The third-order valence-electron chi connectivity index (χ3n) is 5.31. The number of hydrogen-bond acceptors (Lipinski definition) is 4. The molecule has 5 nitrogen and oxygen atoms in total. The van der Waals surface area contributed by atoms with Crippen molar-refractivity contribution in [1.29, 1.82) is 0 Å². The van der Waals surface area contributed by atoms with Crippen LogP contribution in [0.4, 0.5) is 10.1 Å². The van der Waals surface area contributed by atoms with E-state index in [1.54, 1.807) is 12.3 Å². The number of hydrogen-bond donors (Lipinski definition) is 0. The van der Waals surface area contributed by atoms with Crippen LogP contribution in [0, 0.1) is 11.2 Å². The van der Waals surface area contributed by atoms with Crippen molar-refractivity contribution in [2.75, 3.05) is 31.1 Å². The number of pyridine rings is 1. The molecular formula is C18H20FN3O2S. The maximum atomic E-state index is 14.0. The van der Waals surface area contributed by atoms with Gasteiger partial charge in [-0.15, -0.1) is 0 Å². The summed E-state index contributed by atoms with van der Waals surface area (Å²) in [7, 11) is -3.79. The van der Waals surface area contributed by atoms with Crippen molar-refractivity contribution in [2.24, 2.45) is 5.41 Å². The molecule has 0 N–H and O–H groups in total. The van der Waals surface area contributed by atoms with Gasteiger partial charge in [-0.2, -0.15) is 4.31 Å². The molecule has 1 aromatic carbocycles. The second kappa shape index (κ2) is 6.07. The van der Waals surface area contributed by atoms with Gasteiger partial charge in [0.05, 0.1) is 11.9 Å². The van der Waals surface area contributed by atoms with Crippen molar-refractivity contribution >= 4 is 15.7 Å². The molecule has 2 saturated heterocycles. The summed E-state index contributed by atoms with van der Waals surface area (Å²) in [5, 5.41) is 0. The zero-order valence-corrected chi connectivity index (χ0v) is 14.6. The highest BCUT2D eigenvalue weighted by atomic mass is 32.2. The van der Waals surface area contributed by atoms with Crippen molar-refractivity contribution < 1.29 is 12.8 Å². The van der Waals surface area contributed by atoms with Crippen LogP contribution in [0.5, 0.6) is 0 Å². The molecule has 0 amide bonds. The van der Waals surface area contributed by atoms with E-state index in [-0.39, 0.29) is 10.3 Å². The van der Waals surface area contributed by atoms with Gasteiger partial charge < -0.3 is 4.90 Å². The van der Waals surface area contributed by atoms with Crippen molar-refractivity contribution in [3.05, 3.63) is 54.6 Å². The van der Waals surface area contributed by atoms with Crippen LogP contribution in [0.25, 0.3) is 0 Å². The number of rotatable bonds is 3. The molecule has 2 aliphatic heterocycles. The van der Waals surface area contributed by atoms with Crippen molar-refractivity contribution in [3.8, 4) is 0 Å². The van der Waals surface area contributed by atoms with Crippen LogP contribution in [-0.2, 0) is 10.0 Å². The van der Waals surface area contributed by atoms with E-state index < -0.39 is 15.8 Å². The summed E-state index contributed by atoms with van der Waals surface area (Å²) < 4.78 is 41.0. The van der Waals surface area contributed by atoms with Gasteiger partial charge in [-0.05, 0) is 37.1 Å². The molecule has 3 heterocycles. The molecular weight excluding hydrogens is 341 g/mol. The lowest BCUT2D eigenvalue weighted by Crippen LogP contribution is -2.34. The van der Waals surface area contributed by atoms with E-state index in [1.165, 1.54) is 22.5 Å². The number of halogens is 1. The number of anilines is 1. The van der Waals surface area contributed by atoms with Crippen molar-refractivity contribution in [3.63, 3.8) is 0 Å². The Hall–Kier alpha value is -1.99. The summed E-state index contributed by atoms with van der Waals surface area (Å²) in [5.74, 6) is -0.688. The average molecular weight is 361 g/mol. The van der Waals surface area contributed by atoms with Crippen LogP contribution in [0.2, 0.25) is 0 Å². The largest absolute Gasteiger partial charge is 0.370 e. The Morgan fingerprint density at radius 1 is 1.04 bits per heavy atom. The number of sulfonamides is 1. The quantitative estimate of drug-likeness (QED) is 0.843. The lowest BCUT2D eigenvalue weighted by Gasteiger charge is -2.25. The zero-order valence-electron chi connectivity index (χ0n) is 13.8. The van der Waals surface area contributed by atoms with Crippen molar-refractivity contribution in [2.45, 2.75) is 17.7 Å². The fourth-order valence-electron chi connectivity index (χ4n) is 3.92. The molecule has 0 aliphatic carbocycles. The Morgan fingerprint density at radius 2 is 1.84 bits per heavy atom.